The van der Waals surface area contributed by atoms with Gasteiger partial charge in [-0.25, -0.2) is 4.68 Å². The van der Waals surface area contributed by atoms with Crippen molar-refractivity contribution in [3.05, 3.63) is 70.0 Å². The van der Waals surface area contributed by atoms with Gasteiger partial charge in [-0.2, -0.15) is 0 Å². The first kappa shape index (κ1) is 20.3. The third-order valence-corrected chi connectivity index (χ3v) is 5.00. The standard InChI is InChI=1S/C22H25N5O2/c1-13-9-10-18(15(3)11-13)23-20(28)12-27-17(5)21(25-26-27)22(29)24-19-8-6-7-14(2)16(19)4/h6-11H,12H2,1-5H3,(H,23,28)(H,24,29). The Morgan fingerprint density at radius 3 is 2.41 bits per heavy atom. The van der Waals surface area contributed by atoms with E-state index in [2.05, 4.69) is 20.9 Å². The second-order valence-corrected chi connectivity index (χ2v) is 7.25. The van der Waals surface area contributed by atoms with E-state index >= 15 is 0 Å². The molecule has 7 nitrogen and oxygen atoms in total. The number of carbonyl (C=O) groups excluding carboxylic acids is 2. The van der Waals surface area contributed by atoms with Crippen LogP contribution in [0.1, 0.15) is 38.4 Å². The lowest BCUT2D eigenvalue weighted by Gasteiger charge is -2.10. The van der Waals surface area contributed by atoms with Gasteiger partial charge in [0.05, 0.1) is 5.69 Å². The number of aryl methyl sites for hydroxylation is 3. The van der Waals surface area contributed by atoms with Gasteiger partial charge in [0.2, 0.25) is 5.91 Å². The van der Waals surface area contributed by atoms with Gasteiger partial charge in [0.1, 0.15) is 6.54 Å². The first-order valence-corrected chi connectivity index (χ1v) is 9.41. The molecule has 0 bridgehead atoms. The SMILES string of the molecule is Cc1ccc(NC(=O)Cn2nnc(C(=O)Nc3cccc(C)c3C)c2C)c(C)c1. The Bertz CT molecular complexity index is 1080. The molecule has 0 aliphatic carbocycles. The van der Waals surface area contributed by atoms with Crippen LogP contribution in [-0.4, -0.2) is 26.8 Å². The highest BCUT2D eigenvalue weighted by molar-refractivity contribution is 6.04. The molecule has 29 heavy (non-hydrogen) atoms. The minimum Gasteiger partial charge on any atom is -0.324 e. The number of aromatic nitrogens is 3. The topological polar surface area (TPSA) is 88.9 Å². The first-order chi connectivity index (χ1) is 13.8. The summed E-state index contributed by atoms with van der Waals surface area (Å²) in [5.41, 5.74) is 6.43. The zero-order valence-electron chi connectivity index (χ0n) is 17.3. The predicted molar refractivity (Wildman–Crippen MR) is 113 cm³/mol. The molecular formula is C22H25N5O2. The molecule has 1 aromatic heterocycles. The van der Waals surface area contributed by atoms with Crippen molar-refractivity contribution in [2.75, 3.05) is 10.6 Å². The Kier molecular flexibility index (Phi) is 5.77. The average molecular weight is 391 g/mol. The Balaban J connectivity index is 1.70. The summed E-state index contributed by atoms with van der Waals surface area (Å²) < 4.78 is 1.43. The summed E-state index contributed by atoms with van der Waals surface area (Å²) in [6, 6.07) is 11.5. The molecule has 1 heterocycles. The van der Waals surface area contributed by atoms with E-state index in [1.807, 2.05) is 64.1 Å². The van der Waals surface area contributed by atoms with E-state index in [-0.39, 0.29) is 24.1 Å². The molecule has 2 amide bonds. The van der Waals surface area contributed by atoms with Crippen LogP contribution in [0.15, 0.2) is 36.4 Å². The van der Waals surface area contributed by atoms with Crippen molar-refractivity contribution in [3.63, 3.8) is 0 Å². The minimum absolute atomic E-state index is 0.0249. The maximum atomic E-state index is 12.6. The second-order valence-electron chi connectivity index (χ2n) is 7.25. The van der Waals surface area contributed by atoms with Crippen molar-refractivity contribution >= 4 is 23.2 Å². The van der Waals surface area contributed by atoms with Crippen molar-refractivity contribution in [1.29, 1.82) is 0 Å². The number of rotatable bonds is 5. The van der Waals surface area contributed by atoms with Gasteiger partial charge in [0, 0.05) is 11.4 Å². The molecule has 0 fully saturated rings. The first-order valence-electron chi connectivity index (χ1n) is 9.41. The molecule has 150 valence electrons. The predicted octanol–water partition coefficient (Wildman–Crippen LogP) is 3.71. The fraction of sp³-hybridized carbons (Fsp3) is 0.273. The molecule has 0 saturated heterocycles. The van der Waals surface area contributed by atoms with Crippen LogP contribution >= 0.6 is 0 Å². The smallest absolute Gasteiger partial charge is 0.278 e. The van der Waals surface area contributed by atoms with Gasteiger partial charge in [-0.1, -0.05) is 35.0 Å². The van der Waals surface area contributed by atoms with E-state index in [9.17, 15) is 9.59 Å². The van der Waals surface area contributed by atoms with E-state index in [4.69, 9.17) is 0 Å². The fourth-order valence-corrected chi connectivity index (χ4v) is 3.07. The highest BCUT2D eigenvalue weighted by Gasteiger charge is 2.19. The van der Waals surface area contributed by atoms with E-state index in [1.165, 1.54) is 4.68 Å². The summed E-state index contributed by atoms with van der Waals surface area (Å²) >= 11 is 0. The molecule has 0 aliphatic rings. The Morgan fingerprint density at radius 2 is 1.69 bits per heavy atom. The number of hydrogen-bond donors (Lipinski definition) is 2. The third-order valence-electron chi connectivity index (χ3n) is 5.00. The van der Waals surface area contributed by atoms with Gasteiger partial charge in [0.15, 0.2) is 5.69 Å². The van der Waals surface area contributed by atoms with E-state index < -0.39 is 0 Å². The maximum Gasteiger partial charge on any atom is 0.278 e. The van der Waals surface area contributed by atoms with Gasteiger partial charge in [-0.15, -0.1) is 5.10 Å². The molecule has 0 saturated carbocycles. The van der Waals surface area contributed by atoms with Crippen LogP contribution in [0.2, 0.25) is 0 Å². The van der Waals surface area contributed by atoms with Crippen molar-refractivity contribution in [2.45, 2.75) is 41.2 Å². The van der Waals surface area contributed by atoms with Crippen LogP contribution < -0.4 is 10.6 Å². The van der Waals surface area contributed by atoms with Crippen molar-refractivity contribution in [2.24, 2.45) is 0 Å². The lowest BCUT2D eigenvalue weighted by molar-refractivity contribution is -0.117. The summed E-state index contributed by atoms with van der Waals surface area (Å²) in [5, 5.41) is 13.7. The van der Waals surface area contributed by atoms with Gasteiger partial charge in [-0.05, 0) is 63.4 Å². The molecule has 0 atom stereocenters. The lowest BCUT2D eigenvalue weighted by atomic mass is 10.1. The van der Waals surface area contributed by atoms with Crippen LogP contribution in [-0.2, 0) is 11.3 Å². The Labute approximate surface area is 170 Å². The molecule has 0 radical (unpaired) electrons. The highest BCUT2D eigenvalue weighted by atomic mass is 16.2. The van der Waals surface area contributed by atoms with Gasteiger partial charge in [0.25, 0.3) is 5.91 Å². The molecular weight excluding hydrogens is 366 g/mol. The van der Waals surface area contributed by atoms with Gasteiger partial charge < -0.3 is 10.6 Å². The van der Waals surface area contributed by atoms with Gasteiger partial charge >= 0.3 is 0 Å². The largest absolute Gasteiger partial charge is 0.324 e. The molecule has 3 aromatic rings. The Hall–Kier alpha value is -3.48. The van der Waals surface area contributed by atoms with Crippen molar-refractivity contribution in [1.82, 2.24) is 15.0 Å². The number of nitrogens with one attached hydrogen (secondary N) is 2. The van der Waals surface area contributed by atoms with Crippen LogP contribution in [0, 0.1) is 34.6 Å². The van der Waals surface area contributed by atoms with E-state index in [0.717, 1.165) is 33.6 Å². The number of benzene rings is 2. The summed E-state index contributed by atoms with van der Waals surface area (Å²) in [6.45, 7) is 9.58. The Morgan fingerprint density at radius 1 is 0.931 bits per heavy atom. The second kappa shape index (κ2) is 8.26. The third kappa shape index (κ3) is 4.51. The number of nitrogens with zero attached hydrogens (tertiary/aromatic N) is 3. The van der Waals surface area contributed by atoms with Crippen LogP contribution in [0.3, 0.4) is 0 Å². The highest BCUT2D eigenvalue weighted by Crippen LogP contribution is 2.19. The van der Waals surface area contributed by atoms with Crippen LogP contribution in [0.4, 0.5) is 11.4 Å². The molecule has 0 spiro atoms. The molecule has 3 rings (SSSR count). The molecule has 7 heteroatoms. The normalized spacial score (nSPS) is 10.7. The van der Waals surface area contributed by atoms with Crippen LogP contribution in [0.25, 0.3) is 0 Å². The molecule has 2 aromatic carbocycles. The summed E-state index contributed by atoms with van der Waals surface area (Å²) in [6.07, 6.45) is 0. The van der Waals surface area contributed by atoms with E-state index in [1.54, 1.807) is 6.92 Å². The average Bonchev–Trinajstić information content (AvgIpc) is 3.02. The number of anilines is 2. The van der Waals surface area contributed by atoms with Crippen molar-refractivity contribution < 1.29 is 9.59 Å². The summed E-state index contributed by atoms with van der Waals surface area (Å²) in [5.74, 6) is -0.580. The number of hydrogen-bond acceptors (Lipinski definition) is 4. The number of amides is 2. The summed E-state index contributed by atoms with van der Waals surface area (Å²) in [7, 11) is 0. The molecule has 0 unspecified atom stereocenters. The van der Waals surface area contributed by atoms with Crippen LogP contribution in [0.5, 0.6) is 0 Å². The summed E-state index contributed by atoms with van der Waals surface area (Å²) in [4.78, 5) is 25.1. The zero-order valence-corrected chi connectivity index (χ0v) is 17.3. The van der Waals surface area contributed by atoms with Gasteiger partial charge in [-0.3, -0.25) is 9.59 Å². The van der Waals surface area contributed by atoms with Crippen molar-refractivity contribution in [3.8, 4) is 0 Å². The maximum absolute atomic E-state index is 12.6. The molecule has 2 N–H and O–H groups in total. The number of carbonyl (C=O) groups is 2. The monoisotopic (exact) mass is 391 g/mol. The lowest BCUT2D eigenvalue weighted by Crippen LogP contribution is -2.21. The quantitative estimate of drug-likeness (QED) is 0.694. The molecule has 0 aliphatic heterocycles. The minimum atomic E-state index is -0.350. The van der Waals surface area contributed by atoms with E-state index in [0.29, 0.717) is 5.69 Å². The fourth-order valence-electron chi connectivity index (χ4n) is 3.07. The zero-order chi connectivity index (χ0) is 21.1.